The second kappa shape index (κ2) is 5.47. The van der Waals surface area contributed by atoms with Gasteiger partial charge in [0.2, 0.25) is 0 Å². The van der Waals surface area contributed by atoms with E-state index in [0.717, 1.165) is 12.8 Å². The predicted octanol–water partition coefficient (Wildman–Crippen LogP) is 1.68. The quantitative estimate of drug-likeness (QED) is 0.627. The molecule has 88 valence electrons. The Hall–Kier alpha value is -0.610. The molecule has 0 amide bonds. The van der Waals surface area contributed by atoms with Crippen LogP contribution in [-0.4, -0.2) is 37.0 Å². The molecule has 15 heavy (non-hydrogen) atoms. The van der Waals surface area contributed by atoms with Gasteiger partial charge in [-0.15, -0.1) is 0 Å². The summed E-state index contributed by atoms with van der Waals surface area (Å²) in [4.78, 5) is 10.6. The summed E-state index contributed by atoms with van der Waals surface area (Å²) >= 11 is 0. The van der Waals surface area contributed by atoms with Crippen molar-refractivity contribution in [3.05, 3.63) is 0 Å². The van der Waals surface area contributed by atoms with Crippen LogP contribution in [0.1, 0.15) is 33.1 Å². The van der Waals surface area contributed by atoms with Crippen molar-refractivity contribution in [1.82, 2.24) is 0 Å². The lowest BCUT2D eigenvalue weighted by Crippen LogP contribution is -2.18. The SMILES string of the molecule is CC(C)OCCOCC1(CC(=O)O)CC1. The minimum absolute atomic E-state index is 0.0658. The maximum absolute atomic E-state index is 10.6. The summed E-state index contributed by atoms with van der Waals surface area (Å²) in [6.45, 7) is 5.65. The molecule has 1 aliphatic carbocycles. The molecule has 0 heterocycles. The highest BCUT2D eigenvalue weighted by atomic mass is 16.5. The molecule has 1 fully saturated rings. The van der Waals surface area contributed by atoms with Crippen LogP contribution in [0.4, 0.5) is 0 Å². The maximum atomic E-state index is 10.6. The van der Waals surface area contributed by atoms with Crippen LogP contribution in [0.15, 0.2) is 0 Å². The largest absolute Gasteiger partial charge is 0.481 e. The second-order valence-corrected chi connectivity index (χ2v) is 4.54. The molecular weight excluding hydrogens is 196 g/mol. The van der Waals surface area contributed by atoms with Crippen LogP contribution in [0.3, 0.4) is 0 Å². The monoisotopic (exact) mass is 216 g/mol. The van der Waals surface area contributed by atoms with Crippen LogP contribution < -0.4 is 0 Å². The van der Waals surface area contributed by atoms with Gasteiger partial charge in [0.05, 0.1) is 32.3 Å². The van der Waals surface area contributed by atoms with Crippen molar-refractivity contribution in [2.75, 3.05) is 19.8 Å². The first-order chi connectivity index (χ1) is 7.04. The number of carbonyl (C=O) groups is 1. The number of rotatable bonds is 8. The van der Waals surface area contributed by atoms with Crippen LogP contribution >= 0.6 is 0 Å². The van der Waals surface area contributed by atoms with E-state index < -0.39 is 5.97 Å². The molecule has 0 radical (unpaired) electrons. The van der Waals surface area contributed by atoms with Crippen molar-refractivity contribution in [2.45, 2.75) is 39.2 Å². The third-order valence-corrected chi connectivity index (χ3v) is 2.57. The molecule has 4 heteroatoms. The van der Waals surface area contributed by atoms with E-state index >= 15 is 0 Å². The molecule has 0 bridgehead atoms. The number of aliphatic carboxylic acids is 1. The average molecular weight is 216 g/mol. The van der Waals surface area contributed by atoms with Gasteiger partial charge in [0.1, 0.15) is 0 Å². The lowest BCUT2D eigenvalue weighted by molar-refractivity contribution is -0.139. The van der Waals surface area contributed by atoms with E-state index in [1.54, 1.807) is 0 Å². The minimum Gasteiger partial charge on any atom is -0.481 e. The van der Waals surface area contributed by atoms with E-state index in [-0.39, 0.29) is 17.9 Å². The van der Waals surface area contributed by atoms with Crippen molar-refractivity contribution in [3.63, 3.8) is 0 Å². The van der Waals surface area contributed by atoms with E-state index in [2.05, 4.69) is 0 Å². The zero-order valence-electron chi connectivity index (χ0n) is 9.49. The number of ether oxygens (including phenoxy) is 2. The van der Waals surface area contributed by atoms with Gasteiger partial charge in [0.25, 0.3) is 0 Å². The van der Waals surface area contributed by atoms with E-state index in [1.165, 1.54) is 0 Å². The zero-order valence-corrected chi connectivity index (χ0v) is 9.49. The summed E-state index contributed by atoms with van der Waals surface area (Å²) in [6, 6.07) is 0. The molecular formula is C11H20O4. The highest BCUT2D eigenvalue weighted by Gasteiger charge is 2.44. The summed E-state index contributed by atoms with van der Waals surface area (Å²) in [6.07, 6.45) is 2.41. The fourth-order valence-corrected chi connectivity index (χ4v) is 1.50. The van der Waals surface area contributed by atoms with Crippen LogP contribution in [0.5, 0.6) is 0 Å². The van der Waals surface area contributed by atoms with Crippen LogP contribution in [0, 0.1) is 5.41 Å². The molecule has 0 saturated heterocycles. The molecule has 1 aliphatic rings. The van der Waals surface area contributed by atoms with Gasteiger partial charge in [-0.3, -0.25) is 4.79 Å². The van der Waals surface area contributed by atoms with Gasteiger partial charge in [-0.05, 0) is 26.7 Å². The molecule has 0 spiro atoms. The molecule has 0 atom stereocenters. The van der Waals surface area contributed by atoms with Gasteiger partial charge < -0.3 is 14.6 Å². The summed E-state index contributed by atoms with van der Waals surface area (Å²) in [5.41, 5.74) is -0.0658. The van der Waals surface area contributed by atoms with Gasteiger partial charge in [-0.2, -0.15) is 0 Å². The van der Waals surface area contributed by atoms with Crippen LogP contribution in [-0.2, 0) is 14.3 Å². The lowest BCUT2D eigenvalue weighted by atomic mass is 10.0. The number of carboxylic acid groups (broad SMARTS) is 1. The van der Waals surface area contributed by atoms with E-state index in [0.29, 0.717) is 19.8 Å². The first-order valence-corrected chi connectivity index (χ1v) is 5.45. The highest BCUT2D eigenvalue weighted by molar-refractivity contribution is 5.68. The maximum Gasteiger partial charge on any atom is 0.303 e. The molecule has 0 aromatic carbocycles. The fourth-order valence-electron chi connectivity index (χ4n) is 1.50. The molecule has 1 saturated carbocycles. The third-order valence-electron chi connectivity index (χ3n) is 2.57. The Balaban J connectivity index is 2.02. The number of carboxylic acids is 1. The molecule has 0 aromatic rings. The first kappa shape index (κ1) is 12.5. The molecule has 1 rings (SSSR count). The Morgan fingerprint density at radius 3 is 2.53 bits per heavy atom. The van der Waals surface area contributed by atoms with Crippen molar-refractivity contribution in [1.29, 1.82) is 0 Å². The van der Waals surface area contributed by atoms with E-state index in [1.807, 2.05) is 13.8 Å². The van der Waals surface area contributed by atoms with Gasteiger partial charge in [-0.25, -0.2) is 0 Å². The molecule has 4 nitrogen and oxygen atoms in total. The average Bonchev–Trinajstić information content (AvgIpc) is 2.83. The summed E-state index contributed by atoms with van der Waals surface area (Å²) < 4.78 is 10.7. The first-order valence-electron chi connectivity index (χ1n) is 5.45. The Morgan fingerprint density at radius 2 is 2.07 bits per heavy atom. The fraction of sp³-hybridized carbons (Fsp3) is 0.909. The third kappa shape index (κ3) is 5.14. The molecule has 0 aliphatic heterocycles. The van der Waals surface area contributed by atoms with Crippen molar-refractivity contribution in [2.24, 2.45) is 5.41 Å². The van der Waals surface area contributed by atoms with Gasteiger partial charge >= 0.3 is 5.97 Å². The molecule has 1 N–H and O–H groups in total. The van der Waals surface area contributed by atoms with Crippen LogP contribution in [0.25, 0.3) is 0 Å². The minimum atomic E-state index is -0.727. The number of hydrogen-bond acceptors (Lipinski definition) is 3. The Bertz CT molecular complexity index is 209. The second-order valence-electron chi connectivity index (χ2n) is 4.54. The lowest BCUT2D eigenvalue weighted by Gasteiger charge is -2.13. The van der Waals surface area contributed by atoms with Gasteiger partial charge in [0.15, 0.2) is 0 Å². The highest BCUT2D eigenvalue weighted by Crippen LogP contribution is 2.48. The predicted molar refractivity (Wildman–Crippen MR) is 55.8 cm³/mol. The van der Waals surface area contributed by atoms with Gasteiger partial charge in [-0.1, -0.05) is 0 Å². The van der Waals surface area contributed by atoms with Gasteiger partial charge in [0, 0.05) is 5.41 Å². The Labute approximate surface area is 90.6 Å². The van der Waals surface area contributed by atoms with E-state index in [4.69, 9.17) is 14.6 Å². The molecule has 0 aromatic heterocycles. The normalized spacial score (nSPS) is 18.1. The van der Waals surface area contributed by atoms with Crippen molar-refractivity contribution in [3.8, 4) is 0 Å². The van der Waals surface area contributed by atoms with Crippen molar-refractivity contribution < 1.29 is 19.4 Å². The topological polar surface area (TPSA) is 55.8 Å². The molecule has 0 unspecified atom stereocenters. The Morgan fingerprint density at radius 1 is 1.40 bits per heavy atom. The standard InChI is InChI=1S/C11H20O4/c1-9(2)15-6-5-14-8-11(3-4-11)7-10(12)13/h9H,3-8H2,1-2H3,(H,12,13). The summed E-state index contributed by atoms with van der Waals surface area (Å²) in [7, 11) is 0. The Kier molecular flexibility index (Phi) is 4.54. The zero-order chi connectivity index (χ0) is 11.3. The number of hydrogen-bond donors (Lipinski definition) is 1. The summed E-state index contributed by atoms with van der Waals surface area (Å²) in [5, 5.41) is 8.68. The smallest absolute Gasteiger partial charge is 0.303 e. The van der Waals surface area contributed by atoms with Crippen LogP contribution in [0.2, 0.25) is 0 Å². The van der Waals surface area contributed by atoms with Crippen molar-refractivity contribution >= 4 is 5.97 Å². The van der Waals surface area contributed by atoms with E-state index in [9.17, 15) is 4.79 Å². The summed E-state index contributed by atoms with van der Waals surface area (Å²) in [5.74, 6) is -0.727.